The van der Waals surface area contributed by atoms with Gasteiger partial charge in [-0.05, 0) is 25.9 Å². The summed E-state index contributed by atoms with van der Waals surface area (Å²) < 4.78 is 2.03. The van der Waals surface area contributed by atoms with Gasteiger partial charge in [-0.2, -0.15) is 0 Å². The molecule has 3 heterocycles. The lowest BCUT2D eigenvalue weighted by atomic mass is 9.97. The van der Waals surface area contributed by atoms with Crippen LogP contribution in [-0.4, -0.2) is 38.4 Å². The first-order valence-corrected chi connectivity index (χ1v) is 6.96. The van der Waals surface area contributed by atoms with Crippen LogP contribution in [0.2, 0.25) is 0 Å². The number of aromatic nitrogens is 2. The van der Waals surface area contributed by atoms with E-state index in [0.29, 0.717) is 0 Å². The second-order valence-electron chi connectivity index (χ2n) is 4.71. The predicted octanol–water partition coefficient (Wildman–Crippen LogP) is 1.69. The van der Waals surface area contributed by atoms with Crippen LogP contribution in [0.3, 0.4) is 0 Å². The van der Waals surface area contributed by atoms with Crippen LogP contribution >= 0.6 is 11.3 Å². The predicted molar refractivity (Wildman–Crippen MR) is 68.7 cm³/mol. The Labute approximate surface area is 109 Å². The summed E-state index contributed by atoms with van der Waals surface area (Å²) in [6, 6.07) is 0. The Morgan fingerprint density at radius 2 is 2.28 bits per heavy atom. The quantitative estimate of drug-likeness (QED) is 0.917. The zero-order valence-corrected chi connectivity index (χ0v) is 10.8. The Morgan fingerprint density at radius 3 is 2.94 bits per heavy atom. The molecule has 0 unspecified atom stereocenters. The molecule has 3 rings (SSSR count). The fourth-order valence-electron chi connectivity index (χ4n) is 2.42. The van der Waals surface area contributed by atoms with E-state index in [1.54, 1.807) is 11.3 Å². The van der Waals surface area contributed by atoms with Crippen LogP contribution in [0.1, 0.15) is 18.5 Å². The van der Waals surface area contributed by atoms with Crippen LogP contribution in [0.4, 0.5) is 0 Å². The zero-order chi connectivity index (χ0) is 12.5. The average molecular weight is 265 g/mol. The molecule has 18 heavy (non-hydrogen) atoms. The third-order valence-corrected chi connectivity index (χ3v) is 4.24. The summed E-state index contributed by atoms with van der Waals surface area (Å²) in [5.74, 6) is -0.816. The second-order valence-corrected chi connectivity index (χ2v) is 5.59. The van der Waals surface area contributed by atoms with Gasteiger partial charge in [0.15, 0.2) is 4.96 Å². The van der Waals surface area contributed by atoms with Gasteiger partial charge >= 0.3 is 5.97 Å². The Balaban J connectivity index is 1.61. The van der Waals surface area contributed by atoms with E-state index < -0.39 is 5.97 Å². The molecule has 0 bridgehead atoms. The highest BCUT2D eigenvalue weighted by molar-refractivity contribution is 7.15. The van der Waals surface area contributed by atoms with Crippen molar-refractivity contribution in [3.63, 3.8) is 0 Å². The van der Waals surface area contributed by atoms with Crippen molar-refractivity contribution in [2.45, 2.75) is 19.4 Å². The molecule has 2 aromatic heterocycles. The Bertz CT molecular complexity index is 526. The van der Waals surface area contributed by atoms with Gasteiger partial charge in [0.2, 0.25) is 0 Å². The van der Waals surface area contributed by atoms with Crippen LogP contribution in [0.25, 0.3) is 4.96 Å². The molecule has 0 saturated carbocycles. The van der Waals surface area contributed by atoms with Gasteiger partial charge in [0, 0.05) is 24.3 Å². The van der Waals surface area contributed by atoms with E-state index >= 15 is 0 Å². The maximum absolute atomic E-state index is 10.9. The first-order chi connectivity index (χ1) is 8.72. The molecule has 1 saturated heterocycles. The molecule has 96 valence electrons. The van der Waals surface area contributed by atoms with Crippen LogP contribution in [0.15, 0.2) is 17.8 Å². The standard InChI is InChI=1S/C12H15N3O2S/c16-11(17)9-1-3-14(4-2-9)7-10-8-15-5-6-18-12(15)13-10/h5-6,8-9H,1-4,7H2,(H,16,17). The number of imidazole rings is 1. The van der Waals surface area contributed by atoms with Crippen molar-refractivity contribution >= 4 is 22.3 Å². The van der Waals surface area contributed by atoms with E-state index in [-0.39, 0.29) is 5.92 Å². The van der Waals surface area contributed by atoms with E-state index in [4.69, 9.17) is 5.11 Å². The van der Waals surface area contributed by atoms with Crippen LogP contribution in [0.5, 0.6) is 0 Å². The number of likely N-dealkylation sites (tertiary alicyclic amines) is 1. The van der Waals surface area contributed by atoms with E-state index in [9.17, 15) is 4.79 Å². The molecule has 0 spiro atoms. The molecule has 1 aliphatic heterocycles. The van der Waals surface area contributed by atoms with Gasteiger partial charge in [-0.15, -0.1) is 11.3 Å². The molecule has 0 atom stereocenters. The van der Waals surface area contributed by atoms with Gasteiger partial charge in [0.25, 0.3) is 0 Å². The number of carboxylic acids is 1. The largest absolute Gasteiger partial charge is 0.481 e. The first kappa shape index (κ1) is 11.7. The third-order valence-electron chi connectivity index (χ3n) is 3.47. The number of nitrogens with zero attached hydrogens (tertiary/aromatic N) is 3. The van der Waals surface area contributed by atoms with Gasteiger partial charge in [0.05, 0.1) is 11.6 Å². The van der Waals surface area contributed by atoms with Crippen LogP contribution in [0, 0.1) is 5.92 Å². The number of fused-ring (bicyclic) bond motifs is 1. The number of piperidine rings is 1. The van der Waals surface area contributed by atoms with Crippen molar-refractivity contribution in [2.75, 3.05) is 13.1 Å². The van der Waals surface area contributed by atoms with E-state index in [1.807, 2.05) is 16.0 Å². The molecule has 1 N–H and O–H groups in total. The molecule has 2 aromatic rings. The topological polar surface area (TPSA) is 57.8 Å². The lowest BCUT2D eigenvalue weighted by Gasteiger charge is -2.29. The monoisotopic (exact) mass is 265 g/mol. The number of aliphatic carboxylic acids is 1. The van der Waals surface area contributed by atoms with Gasteiger partial charge in [0.1, 0.15) is 0 Å². The summed E-state index contributed by atoms with van der Waals surface area (Å²) in [7, 11) is 0. The lowest BCUT2D eigenvalue weighted by Crippen LogP contribution is -2.35. The summed E-state index contributed by atoms with van der Waals surface area (Å²) in [6.45, 7) is 2.52. The second kappa shape index (κ2) is 4.70. The molecule has 6 heteroatoms. The molecule has 0 aromatic carbocycles. The van der Waals surface area contributed by atoms with Gasteiger partial charge < -0.3 is 5.11 Å². The molecule has 1 aliphatic rings. The molecular weight excluding hydrogens is 250 g/mol. The molecular formula is C12H15N3O2S. The van der Waals surface area contributed by atoms with Gasteiger partial charge in [-0.3, -0.25) is 14.1 Å². The smallest absolute Gasteiger partial charge is 0.306 e. The maximum Gasteiger partial charge on any atom is 0.306 e. The minimum Gasteiger partial charge on any atom is -0.481 e. The van der Waals surface area contributed by atoms with E-state index in [0.717, 1.165) is 43.1 Å². The highest BCUT2D eigenvalue weighted by Crippen LogP contribution is 2.19. The number of carboxylic acid groups (broad SMARTS) is 1. The number of hydrogen-bond donors (Lipinski definition) is 1. The van der Waals surface area contributed by atoms with E-state index in [1.165, 1.54) is 0 Å². The summed E-state index contributed by atoms with van der Waals surface area (Å²) in [4.78, 5) is 18.7. The molecule has 0 radical (unpaired) electrons. The zero-order valence-electron chi connectivity index (χ0n) is 9.95. The summed E-state index contributed by atoms with van der Waals surface area (Å²) in [6.07, 6.45) is 5.55. The Morgan fingerprint density at radius 1 is 1.50 bits per heavy atom. The normalized spacial score (nSPS) is 18.4. The summed E-state index contributed by atoms with van der Waals surface area (Å²) >= 11 is 1.63. The van der Waals surface area contributed by atoms with Gasteiger partial charge in [-0.1, -0.05) is 0 Å². The highest BCUT2D eigenvalue weighted by atomic mass is 32.1. The summed E-state index contributed by atoms with van der Waals surface area (Å²) in [5.41, 5.74) is 1.07. The third kappa shape index (κ3) is 2.26. The van der Waals surface area contributed by atoms with Crippen molar-refractivity contribution in [2.24, 2.45) is 5.92 Å². The van der Waals surface area contributed by atoms with Crippen molar-refractivity contribution in [1.29, 1.82) is 0 Å². The van der Waals surface area contributed by atoms with Crippen LogP contribution in [-0.2, 0) is 11.3 Å². The molecule has 0 aliphatic carbocycles. The number of thiazole rings is 1. The number of carbonyl (C=O) groups is 1. The van der Waals surface area contributed by atoms with Crippen LogP contribution < -0.4 is 0 Å². The molecule has 0 amide bonds. The SMILES string of the molecule is O=C(O)C1CCN(Cc2cn3ccsc3n2)CC1. The lowest BCUT2D eigenvalue weighted by molar-refractivity contribution is -0.143. The number of hydrogen-bond acceptors (Lipinski definition) is 4. The Hall–Kier alpha value is -1.40. The van der Waals surface area contributed by atoms with E-state index in [2.05, 4.69) is 16.1 Å². The Kier molecular flexibility index (Phi) is 3.05. The summed E-state index contributed by atoms with van der Waals surface area (Å²) in [5, 5.41) is 11.0. The minimum absolute atomic E-state index is 0.160. The fourth-order valence-corrected chi connectivity index (χ4v) is 3.14. The van der Waals surface area contributed by atoms with Crippen molar-refractivity contribution in [3.05, 3.63) is 23.5 Å². The fraction of sp³-hybridized carbons (Fsp3) is 0.500. The molecule has 5 nitrogen and oxygen atoms in total. The highest BCUT2D eigenvalue weighted by Gasteiger charge is 2.24. The van der Waals surface area contributed by atoms with Crippen molar-refractivity contribution in [3.8, 4) is 0 Å². The molecule has 1 fully saturated rings. The maximum atomic E-state index is 10.9. The average Bonchev–Trinajstić information content (AvgIpc) is 2.90. The van der Waals surface area contributed by atoms with Crippen molar-refractivity contribution < 1.29 is 9.90 Å². The van der Waals surface area contributed by atoms with Crippen molar-refractivity contribution in [1.82, 2.24) is 14.3 Å². The number of rotatable bonds is 3. The van der Waals surface area contributed by atoms with Gasteiger partial charge in [-0.25, -0.2) is 4.98 Å². The minimum atomic E-state index is -0.655. The first-order valence-electron chi connectivity index (χ1n) is 6.08.